The summed E-state index contributed by atoms with van der Waals surface area (Å²) in [5.74, 6) is 0. The predicted octanol–water partition coefficient (Wildman–Crippen LogP) is 1.90. The van der Waals surface area contributed by atoms with Crippen molar-refractivity contribution in [2.75, 3.05) is 12.8 Å². The average Bonchev–Trinajstić information content (AvgIpc) is 2.59. The number of hydrogen-bond donors (Lipinski definition) is 1. The first kappa shape index (κ1) is 10.5. The number of nitrogens with two attached hydrogens (primary N) is 1. The van der Waals surface area contributed by atoms with Gasteiger partial charge in [0, 0.05) is 13.3 Å². The Kier molecular flexibility index (Phi) is 2.95. The first-order valence-electron chi connectivity index (χ1n) is 5.56. The van der Waals surface area contributed by atoms with Crippen molar-refractivity contribution in [3.05, 3.63) is 11.9 Å². The fourth-order valence-electron chi connectivity index (χ4n) is 2.32. The van der Waals surface area contributed by atoms with Gasteiger partial charge in [0.2, 0.25) is 0 Å². The average molecular weight is 209 g/mol. The predicted molar refractivity (Wildman–Crippen MR) is 59.7 cm³/mol. The van der Waals surface area contributed by atoms with Gasteiger partial charge in [0.05, 0.1) is 23.5 Å². The van der Waals surface area contributed by atoms with Crippen LogP contribution in [0.5, 0.6) is 0 Å². The Bertz CT molecular complexity index is 315. The van der Waals surface area contributed by atoms with Crippen LogP contribution < -0.4 is 5.73 Å². The summed E-state index contributed by atoms with van der Waals surface area (Å²) in [7, 11) is 1.78. The van der Waals surface area contributed by atoms with Crippen molar-refractivity contribution >= 4 is 5.69 Å². The maximum atomic E-state index is 5.81. The monoisotopic (exact) mass is 209 g/mol. The van der Waals surface area contributed by atoms with Gasteiger partial charge >= 0.3 is 0 Å². The lowest BCUT2D eigenvalue weighted by molar-refractivity contribution is 0.0245. The van der Waals surface area contributed by atoms with Crippen LogP contribution in [0.4, 0.5) is 5.69 Å². The third-order valence-electron chi connectivity index (χ3n) is 3.26. The summed E-state index contributed by atoms with van der Waals surface area (Å²) in [6.07, 6.45) is 6.99. The number of rotatable bonds is 2. The van der Waals surface area contributed by atoms with Gasteiger partial charge in [-0.25, -0.2) is 0 Å². The second kappa shape index (κ2) is 4.23. The molecule has 4 heteroatoms. The molecule has 1 aromatic heterocycles. The fourth-order valence-corrected chi connectivity index (χ4v) is 2.32. The molecular weight excluding hydrogens is 190 g/mol. The van der Waals surface area contributed by atoms with Crippen LogP contribution in [0.3, 0.4) is 0 Å². The van der Waals surface area contributed by atoms with Crippen LogP contribution in [0, 0.1) is 6.92 Å². The standard InChI is InChI=1S/C11H19N3O/c1-8-9(12)7-14(13-8)10-5-3-4-6-11(10)15-2/h7,10-11H,3-6,12H2,1-2H3. The van der Waals surface area contributed by atoms with Gasteiger partial charge in [-0.2, -0.15) is 5.10 Å². The number of nitrogen functional groups attached to an aromatic ring is 1. The van der Waals surface area contributed by atoms with Crippen molar-refractivity contribution < 1.29 is 4.74 Å². The van der Waals surface area contributed by atoms with Crippen LogP contribution in [0.15, 0.2) is 6.20 Å². The summed E-state index contributed by atoms with van der Waals surface area (Å²) in [6, 6.07) is 0.361. The highest BCUT2D eigenvalue weighted by Gasteiger charge is 2.27. The van der Waals surface area contributed by atoms with E-state index in [0.717, 1.165) is 24.2 Å². The molecule has 84 valence electrons. The van der Waals surface area contributed by atoms with E-state index in [0.29, 0.717) is 6.04 Å². The number of anilines is 1. The summed E-state index contributed by atoms with van der Waals surface area (Å²) in [6.45, 7) is 1.94. The molecule has 1 aliphatic rings. The van der Waals surface area contributed by atoms with Gasteiger partial charge in [-0.15, -0.1) is 0 Å². The van der Waals surface area contributed by atoms with Crippen molar-refractivity contribution in [2.24, 2.45) is 0 Å². The molecule has 4 nitrogen and oxygen atoms in total. The van der Waals surface area contributed by atoms with Gasteiger partial charge in [0.15, 0.2) is 0 Å². The molecule has 0 aliphatic heterocycles. The summed E-state index contributed by atoms with van der Waals surface area (Å²) < 4.78 is 7.49. The van der Waals surface area contributed by atoms with E-state index < -0.39 is 0 Å². The molecule has 0 spiro atoms. The number of ether oxygens (including phenoxy) is 1. The molecule has 2 atom stereocenters. The van der Waals surface area contributed by atoms with Gasteiger partial charge < -0.3 is 10.5 Å². The number of hydrogen-bond acceptors (Lipinski definition) is 3. The number of methoxy groups -OCH3 is 1. The topological polar surface area (TPSA) is 53.1 Å². The lowest BCUT2D eigenvalue weighted by Crippen LogP contribution is -2.29. The van der Waals surface area contributed by atoms with E-state index >= 15 is 0 Å². The molecular formula is C11H19N3O. The highest BCUT2D eigenvalue weighted by Crippen LogP contribution is 2.30. The van der Waals surface area contributed by atoms with Crippen molar-refractivity contribution in [1.29, 1.82) is 0 Å². The maximum Gasteiger partial charge on any atom is 0.0823 e. The van der Waals surface area contributed by atoms with Crippen LogP contribution in [0.25, 0.3) is 0 Å². The zero-order chi connectivity index (χ0) is 10.8. The molecule has 0 saturated heterocycles. The highest BCUT2D eigenvalue weighted by atomic mass is 16.5. The van der Waals surface area contributed by atoms with Gasteiger partial charge in [-0.05, 0) is 19.8 Å². The van der Waals surface area contributed by atoms with Crippen LogP contribution in [0.2, 0.25) is 0 Å². The van der Waals surface area contributed by atoms with Crippen LogP contribution in [-0.4, -0.2) is 23.0 Å². The molecule has 15 heavy (non-hydrogen) atoms. The minimum absolute atomic E-state index is 0.289. The Morgan fingerprint density at radius 1 is 1.47 bits per heavy atom. The molecule has 1 heterocycles. The first-order valence-corrected chi connectivity index (χ1v) is 5.56. The Labute approximate surface area is 90.4 Å². The van der Waals surface area contributed by atoms with Crippen molar-refractivity contribution in [3.8, 4) is 0 Å². The normalized spacial score (nSPS) is 26.8. The van der Waals surface area contributed by atoms with Crippen molar-refractivity contribution in [3.63, 3.8) is 0 Å². The Hall–Kier alpha value is -1.03. The molecule has 2 N–H and O–H groups in total. The molecule has 0 radical (unpaired) electrons. The maximum absolute atomic E-state index is 5.81. The molecule has 0 bridgehead atoms. The summed E-state index contributed by atoms with van der Waals surface area (Å²) in [5, 5.41) is 4.44. The summed E-state index contributed by atoms with van der Waals surface area (Å²) in [5.41, 5.74) is 7.50. The van der Waals surface area contributed by atoms with Crippen molar-refractivity contribution in [1.82, 2.24) is 9.78 Å². The number of aryl methyl sites for hydroxylation is 1. The Balaban J connectivity index is 2.20. The largest absolute Gasteiger partial charge is 0.396 e. The van der Waals surface area contributed by atoms with Crippen molar-refractivity contribution in [2.45, 2.75) is 44.8 Å². The van der Waals surface area contributed by atoms with E-state index in [9.17, 15) is 0 Å². The van der Waals surface area contributed by atoms with E-state index in [4.69, 9.17) is 10.5 Å². The molecule has 1 aromatic rings. The summed E-state index contributed by atoms with van der Waals surface area (Å²) in [4.78, 5) is 0. The Morgan fingerprint density at radius 3 is 2.80 bits per heavy atom. The molecule has 1 aliphatic carbocycles. The first-order chi connectivity index (χ1) is 7.22. The summed E-state index contributed by atoms with van der Waals surface area (Å²) >= 11 is 0. The quantitative estimate of drug-likeness (QED) is 0.809. The molecule has 1 fully saturated rings. The zero-order valence-electron chi connectivity index (χ0n) is 9.44. The van der Waals surface area contributed by atoms with Gasteiger partial charge in [-0.3, -0.25) is 4.68 Å². The van der Waals surface area contributed by atoms with Gasteiger partial charge in [0.25, 0.3) is 0 Å². The third kappa shape index (κ3) is 2.00. The number of aromatic nitrogens is 2. The lowest BCUT2D eigenvalue weighted by atomic mass is 9.92. The van der Waals surface area contributed by atoms with Crippen LogP contribution >= 0.6 is 0 Å². The molecule has 1 saturated carbocycles. The number of nitrogens with zero attached hydrogens (tertiary/aromatic N) is 2. The smallest absolute Gasteiger partial charge is 0.0823 e. The molecule has 2 unspecified atom stereocenters. The molecule has 0 aromatic carbocycles. The van der Waals surface area contributed by atoms with E-state index in [1.165, 1.54) is 12.8 Å². The SMILES string of the molecule is COC1CCCCC1n1cc(N)c(C)n1. The molecule has 2 rings (SSSR count). The fraction of sp³-hybridized carbons (Fsp3) is 0.727. The lowest BCUT2D eigenvalue weighted by Gasteiger charge is -2.30. The minimum Gasteiger partial charge on any atom is -0.396 e. The Morgan fingerprint density at radius 2 is 2.20 bits per heavy atom. The van der Waals surface area contributed by atoms with E-state index in [1.54, 1.807) is 7.11 Å². The highest BCUT2D eigenvalue weighted by molar-refractivity contribution is 5.39. The van der Waals surface area contributed by atoms with Gasteiger partial charge in [0.1, 0.15) is 0 Å². The second-order valence-corrected chi connectivity index (χ2v) is 4.28. The van der Waals surface area contributed by atoms with Crippen LogP contribution in [-0.2, 0) is 4.74 Å². The van der Waals surface area contributed by atoms with Crippen LogP contribution in [0.1, 0.15) is 37.4 Å². The van der Waals surface area contributed by atoms with E-state index in [1.807, 2.05) is 17.8 Å². The third-order valence-corrected chi connectivity index (χ3v) is 3.26. The van der Waals surface area contributed by atoms with Gasteiger partial charge in [-0.1, -0.05) is 12.8 Å². The zero-order valence-corrected chi connectivity index (χ0v) is 9.44. The minimum atomic E-state index is 0.289. The molecule has 0 amide bonds. The van der Waals surface area contributed by atoms with E-state index in [2.05, 4.69) is 5.10 Å². The second-order valence-electron chi connectivity index (χ2n) is 4.28. The van der Waals surface area contributed by atoms with E-state index in [-0.39, 0.29) is 6.10 Å².